The molecule has 3 aromatic heterocycles. The fraction of sp³-hybridized carbons (Fsp3) is 0.357. The van der Waals surface area contributed by atoms with Crippen molar-refractivity contribution in [2.24, 2.45) is 0 Å². The molecule has 0 bridgehead atoms. The topological polar surface area (TPSA) is 116 Å². The quantitative estimate of drug-likeness (QED) is 0.687. The molecule has 3 aromatic rings. The number of fused-ring (bicyclic) bond motifs is 3. The normalized spacial score (nSPS) is 16.3. The van der Waals surface area contributed by atoms with Gasteiger partial charge in [0.25, 0.3) is 5.56 Å². The van der Waals surface area contributed by atoms with E-state index >= 15 is 0 Å². The fourth-order valence-corrected chi connectivity index (χ4v) is 3.12. The summed E-state index contributed by atoms with van der Waals surface area (Å²) < 4.78 is 1.67. The Bertz CT molecular complexity index is 954. The van der Waals surface area contributed by atoms with Gasteiger partial charge in [0.15, 0.2) is 11.2 Å². The van der Waals surface area contributed by atoms with Crippen molar-refractivity contribution in [3.8, 4) is 0 Å². The van der Waals surface area contributed by atoms with Gasteiger partial charge in [0.05, 0.1) is 5.69 Å². The van der Waals surface area contributed by atoms with Crippen molar-refractivity contribution < 1.29 is 9.90 Å². The molecule has 4 heterocycles. The van der Waals surface area contributed by atoms with Crippen LogP contribution in [0.25, 0.3) is 16.8 Å². The standard InChI is InChI=1S/C14H14N6O3/c21-10-7-9(8-1-5-19(6-2-8)14(22)23)20-13(17-10)11-12(18-20)16-4-3-15-11/h3-4,7-8H,1-2,5-6H2,(H,17,21)(H,22,23). The Hall–Kier alpha value is -2.97. The van der Waals surface area contributed by atoms with Gasteiger partial charge in [0, 0.05) is 37.5 Å². The smallest absolute Gasteiger partial charge is 0.407 e. The summed E-state index contributed by atoms with van der Waals surface area (Å²) in [5.41, 5.74) is 2.10. The van der Waals surface area contributed by atoms with Crippen molar-refractivity contribution in [3.05, 3.63) is 34.5 Å². The minimum atomic E-state index is -0.905. The summed E-state index contributed by atoms with van der Waals surface area (Å²) in [7, 11) is 0. The zero-order valence-corrected chi connectivity index (χ0v) is 12.1. The maximum atomic E-state index is 12.0. The van der Waals surface area contributed by atoms with Crippen LogP contribution in [-0.2, 0) is 0 Å². The molecule has 1 saturated heterocycles. The van der Waals surface area contributed by atoms with Crippen molar-refractivity contribution in [1.29, 1.82) is 0 Å². The van der Waals surface area contributed by atoms with Gasteiger partial charge in [-0.05, 0) is 12.8 Å². The highest BCUT2D eigenvalue weighted by molar-refractivity contribution is 5.85. The highest BCUT2D eigenvalue weighted by Gasteiger charge is 2.26. The second-order valence-electron chi connectivity index (χ2n) is 5.59. The number of hydrogen-bond donors (Lipinski definition) is 2. The van der Waals surface area contributed by atoms with Gasteiger partial charge < -0.3 is 15.0 Å². The van der Waals surface area contributed by atoms with E-state index < -0.39 is 6.09 Å². The number of nitrogens with zero attached hydrogens (tertiary/aromatic N) is 5. The molecular weight excluding hydrogens is 300 g/mol. The van der Waals surface area contributed by atoms with Crippen LogP contribution in [0.15, 0.2) is 23.3 Å². The number of amides is 1. The van der Waals surface area contributed by atoms with Crippen molar-refractivity contribution in [3.63, 3.8) is 0 Å². The number of rotatable bonds is 1. The average molecular weight is 314 g/mol. The maximum absolute atomic E-state index is 12.0. The molecule has 23 heavy (non-hydrogen) atoms. The number of aromatic nitrogens is 5. The number of carboxylic acid groups (broad SMARTS) is 1. The largest absolute Gasteiger partial charge is 0.465 e. The van der Waals surface area contributed by atoms with Gasteiger partial charge in [-0.2, -0.15) is 0 Å². The van der Waals surface area contributed by atoms with E-state index in [4.69, 9.17) is 5.11 Å². The second-order valence-corrected chi connectivity index (χ2v) is 5.59. The third kappa shape index (κ3) is 2.20. The molecule has 0 spiro atoms. The van der Waals surface area contributed by atoms with Gasteiger partial charge in [-0.1, -0.05) is 0 Å². The lowest BCUT2D eigenvalue weighted by Crippen LogP contribution is -2.37. The summed E-state index contributed by atoms with van der Waals surface area (Å²) in [5, 5.41) is 13.5. The van der Waals surface area contributed by atoms with Crippen LogP contribution in [0.1, 0.15) is 24.5 Å². The molecule has 1 aliphatic rings. The molecule has 9 heteroatoms. The van der Waals surface area contributed by atoms with Crippen molar-refractivity contribution in [2.45, 2.75) is 18.8 Å². The van der Waals surface area contributed by atoms with Crippen molar-refractivity contribution in [1.82, 2.24) is 29.5 Å². The molecule has 0 aliphatic carbocycles. The lowest BCUT2D eigenvalue weighted by Gasteiger charge is -2.30. The minimum absolute atomic E-state index is 0.0738. The minimum Gasteiger partial charge on any atom is -0.465 e. The highest BCUT2D eigenvalue weighted by atomic mass is 16.4. The van der Waals surface area contributed by atoms with E-state index in [9.17, 15) is 9.59 Å². The number of hydrogen-bond acceptors (Lipinski definition) is 5. The summed E-state index contributed by atoms with van der Waals surface area (Å²) >= 11 is 0. The summed E-state index contributed by atoms with van der Waals surface area (Å²) in [6, 6.07) is 1.53. The maximum Gasteiger partial charge on any atom is 0.407 e. The summed E-state index contributed by atoms with van der Waals surface area (Å²) in [6.45, 7) is 0.900. The van der Waals surface area contributed by atoms with Crippen LogP contribution in [0.2, 0.25) is 0 Å². The molecule has 0 atom stereocenters. The average Bonchev–Trinajstić information content (AvgIpc) is 2.93. The molecule has 118 valence electrons. The Morgan fingerprint density at radius 2 is 2.00 bits per heavy atom. The van der Waals surface area contributed by atoms with Crippen LogP contribution in [0.5, 0.6) is 0 Å². The van der Waals surface area contributed by atoms with Gasteiger partial charge in [-0.25, -0.2) is 19.3 Å². The molecule has 0 saturated carbocycles. The van der Waals surface area contributed by atoms with Gasteiger partial charge >= 0.3 is 6.09 Å². The number of H-pyrrole nitrogens is 1. The number of carbonyl (C=O) groups is 1. The first-order chi connectivity index (χ1) is 11.1. The Kier molecular flexibility index (Phi) is 3.00. The Balaban J connectivity index is 1.81. The molecule has 0 aromatic carbocycles. The zero-order chi connectivity index (χ0) is 16.0. The Morgan fingerprint density at radius 1 is 1.26 bits per heavy atom. The number of piperidine rings is 1. The Labute approximate surface area is 129 Å². The molecule has 1 aliphatic heterocycles. The predicted molar refractivity (Wildman–Crippen MR) is 80.5 cm³/mol. The number of aromatic amines is 1. The lowest BCUT2D eigenvalue weighted by molar-refractivity contribution is 0.131. The van der Waals surface area contributed by atoms with Crippen LogP contribution in [-0.4, -0.2) is 53.8 Å². The van der Waals surface area contributed by atoms with Crippen LogP contribution < -0.4 is 5.56 Å². The monoisotopic (exact) mass is 314 g/mol. The first-order valence-electron chi connectivity index (χ1n) is 7.34. The molecular formula is C14H14N6O3. The third-order valence-corrected chi connectivity index (χ3v) is 4.26. The van der Waals surface area contributed by atoms with Crippen molar-refractivity contribution >= 4 is 22.9 Å². The van der Waals surface area contributed by atoms with Crippen LogP contribution in [0.3, 0.4) is 0 Å². The summed E-state index contributed by atoms with van der Waals surface area (Å²) in [4.78, 5) is 35.6. The van der Waals surface area contributed by atoms with E-state index in [1.807, 2.05) is 0 Å². The Morgan fingerprint density at radius 3 is 2.74 bits per heavy atom. The van der Waals surface area contributed by atoms with Gasteiger partial charge in [0.2, 0.25) is 5.65 Å². The van der Waals surface area contributed by atoms with Crippen LogP contribution >= 0.6 is 0 Å². The first-order valence-corrected chi connectivity index (χ1v) is 7.34. The van der Waals surface area contributed by atoms with Gasteiger partial charge in [0.1, 0.15) is 0 Å². The van der Waals surface area contributed by atoms with E-state index in [1.54, 1.807) is 16.9 Å². The predicted octanol–water partition coefficient (Wildman–Crippen LogP) is 0.823. The SMILES string of the molecule is O=C(O)N1CCC(c2cc(=O)[nH]c3c4nccnc4nn23)CC1. The molecule has 0 radical (unpaired) electrons. The molecule has 0 unspecified atom stereocenters. The lowest BCUT2D eigenvalue weighted by atomic mass is 9.93. The molecule has 2 N–H and O–H groups in total. The molecule has 1 amide bonds. The summed E-state index contributed by atoms with van der Waals surface area (Å²) in [5.74, 6) is 0.0738. The first kappa shape index (κ1) is 13.7. The number of nitrogens with one attached hydrogen (secondary N) is 1. The summed E-state index contributed by atoms with van der Waals surface area (Å²) in [6.07, 6.45) is 3.51. The zero-order valence-electron chi connectivity index (χ0n) is 12.1. The van der Waals surface area contributed by atoms with E-state index in [2.05, 4.69) is 20.1 Å². The van der Waals surface area contributed by atoms with Crippen LogP contribution in [0, 0.1) is 0 Å². The van der Waals surface area contributed by atoms with Gasteiger partial charge in [-0.15, -0.1) is 5.10 Å². The molecule has 4 rings (SSSR count). The van der Waals surface area contributed by atoms with Crippen molar-refractivity contribution in [2.75, 3.05) is 13.1 Å². The van der Waals surface area contributed by atoms with E-state index in [0.29, 0.717) is 42.7 Å². The van der Waals surface area contributed by atoms with Gasteiger partial charge in [-0.3, -0.25) is 4.79 Å². The van der Waals surface area contributed by atoms with Crippen LogP contribution in [0.4, 0.5) is 4.79 Å². The fourth-order valence-electron chi connectivity index (χ4n) is 3.12. The number of likely N-dealkylation sites (tertiary alicyclic amines) is 1. The third-order valence-electron chi connectivity index (χ3n) is 4.26. The van der Waals surface area contributed by atoms with E-state index in [0.717, 1.165) is 5.69 Å². The molecule has 9 nitrogen and oxygen atoms in total. The molecule has 1 fully saturated rings. The van der Waals surface area contributed by atoms with E-state index in [1.165, 1.54) is 11.0 Å². The van der Waals surface area contributed by atoms with E-state index in [-0.39, 0.29) is 11.5 Å². The highest BCUT2D eigenvalue weighted by Crippen LogP contribution is 2.28. The second kappa shape index (κ2) is 5.04.